The summed E-state index contributed by atoms with van der Waals surface area (Å²) in [7, 11) is 0. The number of nitrogens with zero attached hydrogens (tertiary/aromatic N) is 1. The van der Waals surface area contributed by atoms with Crippen LogP contribution in [0, 0.1) is 0 Å². The molecule has 0 bridgehead atoms. The van der Waals surface area contributed by atoms with E-state index in [1.54, 1.807) is 0 Å². The second kappa shape index (κ2) is 3.18. The van der Waals surface area contributed by atoms with E-state index in [1.165, 1.54) is 0 Å². The molecule has 14 heavy (non-hydrogen) atoms. The fraction of sp³-hybridized carbons (Fsp3) is 0.182. The molecule has 2 aromatic heterocycles. The number of pyridine rings is 1. The lowest BCUT2D eigenvalue weighted by Gasteiger charge is -1.96. The number of fused-ring (bicyclic) bond motifs is 1. The van der Waals surface area contributed by atoms with E-state index in [1.807, 2.05) is 41.9 Å². The van der Waals surface area contributed by atoms with Gasteiger partial charge < -0.3 is 10.1 Å². The molecule has 2 rings (SSSR count). The molecular weight excluding hydrogens is 176 g/mol. The molecule has 0 fully saturated rings. The van der Waals surface area contributed by atoms with Gasteiger partial charge >= 0.3 is 0 Å². The SMILES string of the molecule is CCc1cn2ccccc2c1C(N)=O. The van der Waals surface area contributed by atoms with Crippen LogP contribution in [-0.2, 0) is 6.42 Å². The predicted molar refractivity (Wildman–Crippen MR) is 55.3 cm³/mol. The number of nitrogens with two attached hydrogens (primary N) is 1. The molecule has 2 N–H and O–H groups in total. The number of amides is 1. The van der Waals surface area contributed by atoms with Gasteiger partial charge in [0.15, 0.2) is 0 Å². The molecular formula is C11H12N2O. The highest BCUT2D eigenvalue weighted by molar-refractivity contribution is 6.01. The molecule has 3 heteroatoms. The third-order valence-corrected chi connectivity index (χ3v) is 2.39. The Labute approximate surface area is 82.1 Å². The molecule has 0 radical (unpaired) electrons. The highest BCUT2D eigenvalue weighted by atomic mass is 16.1. The van der Waals surface area contributed by atoms with Crippen LogP contribution in [0.2, 0.25) is 0 Å². The lowest BCUT2D eigenvalue weighted by Crippen LogP contribution is -2.12. The maximum Gasteiger partial charge on any atom is 0.251 e. The Kier molecular flexibility index (Phi) is 2.00. The van der Waals surface area contributed by atoms with Crippen molar-refractivity contribution in [2.75, 3.05) is 0 Å². The molecule has 0 unspecified atom stereocenters. The van der Waals surface area contributed by atoms with Crippen molar-refractivity contribution >= 4 is 11.4 Å². The van der Waals surface area contributed by atoms with Gasteiger partial charge in [0.25, 0.3) is 5.91 Å². The standard InChI is InChI=1S/C11H12N2O/c1-2-8-7-13-6-4-3-5-9(13)10(8)11(12)14/h3-7H,2H2,1H3,(H2,12,14). The van der Waals surface area contributed by atoms with Crippen LogP contribution in [0.25, 0.3) is 5.52 Å². The number of aromatic nitrogens is 1. The van der Waals surface area contributed by atoms with Gasteiger partial charge in [-0.25, -0.2) is 0 Å². The Balaban J connectivity index is 2.81. The van der Waals surface area contributed by atoms with Crippen molar-refractivity contribution in [1.82, 2.24) is 4.40 Å². The van der Waals surface area contributed by atoms with Gasteiger partial charge in [0.2, 0.25) is 0 Å². The fourth-order valence-electron chi connectivity index (χ4n) is 1.73. The van der Waals surface area contributed by atoms with Crippen LogP contribution in [0.5, 0.6) is 0 Å². The topological polar surface area (TPSA) is 47.5 Å². The van der Waals surface area contributed by atoms with E-state index >= 15 is 0 Å². The zero-order valence-electron chi connectivity index (χ0n) is 8.03. The van der Waals surface area contributed by atoms with Crippen molar-refractivity contribution in [2.24, 2.45) is 5.73 Å². The van der Waals surface area contributed by atoms with Gasteiger partial charge in [-0.2, -0.15) is 0 Å². The van der Waals surface area contributed by atoms with Crippen molar-refractivity contribution in [3.63, 3.8) is 0 Å². The molecule has 0 aromatic carbocycles. The zero-order chi connectivity index (χ0) is 10.1. The number of rotatable bonds is 2. The van der Waals surface area contributed by atoms with E-state index in [0.717, 1.165) is 17.5 Å². The van der Waals surface area contributed by atoms with Gasteiger partial charge in [-0.15, -0.1) is 0 Å². The monoisotopic (exact) mass is 188 g/mol. The highest BCUT2D eigenvalue weighted by Gasteiger charge is 2.12. The van der Waals surface area contributed by atoms with E-state index in [4.69, 9.17) is 5.73 Å². The smallest absolute Gasteiger partial charge is 0.251 e. The van der Waals surface area contributed by atoms with Gasteiger partial charge in [0.1, 0.15) is 0 Å². The van der Waals surface area contributed by atoms with Crippen LogP contribution in [0.15, 0.2) is 30.6 Å². The Bertz CT molecular complexity index is 485. The summed E-state index contributed by atoms with van der Waals surface area (Å²) < 4.78 is 1.93. The molecule has 1 amide bonds. The number of hydrogen-bond donors (Lipinski definition) is 1. The van der Waals surface area contributed by atoms with Crippen molar-refractivity contribution in [1.29, 1.82) is 0 Å². The molecule has 0 saturated carbocycles. The average molecular weight is 188 g/mol. The lowest BCUT2D eigenvalue weighted by atomic mass is 10.1. The molecule has 3 nitrogen and oxygen atoms in total. The summed E-state index contributed by atoms with van der Waals surface area (Å²) >= 11 is 0. The number of primary amides is 1. The van der Waals surface area contributed by atoms with Crippen LogP contribution in [-0.4, -0.2) is 10.3 Å². The second-order valence-corrected chi connectivity index (χ2v) is 3.24. The van der Waals surface area contributed by atoms with Gasteiger partial charge in [0, 0.05) is 12.4 Å². The summed E-state index contributed by atoms with van der Waals surface area (Å²) in [5.74, 6) is -0.351. The number of aryl methyl sites for hydroxylation is 1. The van der Waals surface area contributed by atoms with Crippen LogP contribution < -0.4 is 5.73 Å². The molecule has 72 valence electrons. The van der Waals surface area contributed by atoms with Crippen LogP contribution >= 0.6 is 0 Å². The average Bonchev–Trinajstić information content (AvgIpc) is 2.55. The largest absolute Gasteiger partial charge is 0.366 e. The first-order valence-corrected chi connectivity index (χ1v) is 4.62. The minimum Gasteiger partial charge on any atom is -0.366 e. The molecule has 0 aliphatic carbocycles. The first-order chi connectivity index (χ1) is 6.74. The van der Waals surface area contributed by atoms with E-state index in [0.29, 0.717) is 5.56 Å². The number of carbonyl (C=O) groups is 1. The van der Waals surface area contributed by atoms with E-state index in [2.05, 4.69) is 0 Å². The van der Waals surface area contributed by atoms with Crippen molar-refractivity contribution in [2.45, 2.75) is 13.3 Å². The highest BCUT2D eigenvalue weighted by Crippen LogP contribution is 2.18. The van der Waals surface area contributed by atoms with Gasteiger partial charge in [0.05, 0.1) is 11.1 Å². The van der Waals surface area contributed by atoms with Crippen LogP contribution in [0.3, 0.4) is 0 Å². The van der Waals surface area contributed by atoms with Gasteiger partial charge in [-0.3, -0.25) is 4.79 Å². The molecule has 0 spiro atoms. The molecule has 0 saturated heterocycles. The second-order valence-electron chi connectivity index (χ2n) is 3.24. The summed E-state index contributed by atoms with van der Waals surface area (Å²) in [6, 6.07) is 5.73. The summed E-state index contributed by atoms with van der Waals surface area (Å²) in [5, 5.41) is 0. The third-order valence-electron chi connectivity index (χ3n) is 2.39. The molecule has 0 aliphatic rings. The van der Waals surface area contributed by atoms with Crippen LogP contribution in [0.4, 0.5) is 0 Å². The van der Waals surface area contributed by atoms with E-state index in [9.17, 15) is 4.79 Å². The van der Waals surface area contributed by atoms with Crippen molar-refractivity contribution < 1.29 is 4.79 Å². The first kappa shape index (κ1) is 8.81. The molecule has 0 aliphatic heterocycles. The molecule has 2 heterocycles. The van der Waals surface area contributed by atoms with Crippen molar-refractivity contribution in [3.05, 3.63) is 41.7 Å². The quantitative estimate of drug-likeness (QED) is 0.764. The van der Waals surface area contributed by atoms with E-state index in [-0.39, 0.29) is 5.91 Å². The zero-order valence-corrected chi connectivity index (χ0v) is 8.03. The first-order valence-electron chi connectivity index (χ1n) is 4.62. The molecule has 2 aromatic rings. The number of carbonyl (C=O) groups excluding carboxylic acids is 1. The predicted octanol–water partition coefficient (Wildman–Crippen LogP) is 1.60. The van der Waals surface area contributed by atoms with Gasteiger partial charge in [-0.05, 0) is 24.1 Å². The minimum atomic E-state index is -0.351. The summed E-state index contributed by atoms with van der Waals surface area (Å²) in [6.45, 7) is 2.02. The lowest BCUT2D eigenvalue weighted by molar-refractivity contribution is 0.100. The summed E-state index contributed by atoms with van der Waals surface area (Å²) in [4.78, 5) is 11.3. The summed E-state index contributed by atoms with van der Waals surface area (Å²) in [6.07, 6.45) is 4.69. The Hall–Kier alpha value is -1.77. The fourth-order valence-corrected chi connectivity index (χ4v) is 1.73. The van der Waals surface area contributed by atoms with Gasteiger partial charge in [-0.1, -0.05) is 13.0 Å². The normalized spacial score (nSPS) is 10.6. The summed E-state index contributed by atoms with van der Waals surface area (Å²) in [5.41, 5.74) is 7.88. The third kappa shape index (κ3) is 1.18. The Morgan fingerprint density at radius 3 is 2.93 bits per heavy atom. The van der Waals surface area contributed by atoms with Crippen molar-refractivity contribution in [3.8, 4) is 0 Å². The number of hydrogen-bond acceptors (Lipinski definition) is 1. The Morgan fingerprint density at radius 2 is 2.29 bits per heavy atom. The maximum atomic E-state index is 11.3. The van der Waals surface area contributed by atoms with Crippen LogP contribution in [0.1, 0.15) is 22.8 Å². The maximum absolute atomic E-state index is 11.3. The van der Waals surface area contributed by atoms with E-state index < -0.39 is 0 Å². The Morgan fingerprint density at radius 1 is 1.50 bits per heavy atom. The minimum absolute atomic E-state index is 0.351. The molecule has 0 atom stereocenters.